The summed E-state index contributed by atoms with van der Waals surface area (Å²) in [4.78, 5) is 11.7. The van der Waals surface area contributed by atoms with Gasteiger partial charge in [0.25, 0.3) is 0 Å². The lowest BCUT2D eigenvalue weighted by molar-refractivity contribution is -0.111. The molecule has 2 aromatic rings. The van der Waals surface area contributed by atoms with Crippen molar-refractivity contribution in [2.24, 2.45) is 0 Å². The third-order valence-corrected chi connectivity index (χ3v) is 3.27. The molecule has 1 aromatic heterocycles. The lowest BCUT2D eigenvalue weighted by Crippen LogP contribution is -2.07. The minimum absolute atomic E-state index is 0.243. The lowest BCUT2D eigenvalue weighted by Gasteiger charge is -2.04. The number of nitrogens with one attached hydrogen (secondary N) is 1. The van der Waals surface area contributed by atoms with Gasteiger partial charge in [0, 0.05) is 16.8 Å². The maximum atomic E-state index is 11.7. The fraction of sp³-hybridized carbons (Fsp3) is 0.0714. The lowest BCUT2D eigenvalue weighted by atomic mass is 10.2. The van der Waals surface area contributed by atoms with Gasteiger partial charge in [0.15, 0.2) is 4.67 Å². The Labute approximate surface area is 124 Å². The number of amides is 1. The number of halogens is 2. The third kappa shape index (κ3) is 3.98. The van der Waals surface area contributed by atoms with Gasteiger partial charge in [0.1, 0.15) is 5.76 Å². The highest BCUT2D eigenvalue weighted by molar-refractivity contribution is 9.10. The molecule has 19 heavy (non-hydrogen) atoms. The minimum Gasteiger partial charge on any atom is -0.450 e. The van der Waals surface area contributed by atoms with Gasteiger partial charge >= 0.3 is 0 Å². The molecule has 0 saturated carbocycles. The van der Waals surface area contributed by atoms with Crippen molar-refractivity contribution >= 4 is 45.2 Å². The molecular formula is C14H11BrClNO2. The smallest absolute Gasteiger partial charge is 0.248 e. The Kier molecular flexibility index (Phi) is 4.45. The molecule has 0 aliphatic rings. The van der Waals surface area contributed by atoms with E-state index in [1.165, 1.54) is 6.08 Å². The molecule has 98 valence electrons. The molecule has 2 rings (SSSR count). The van der Waals surface area contributed by atoms with E-state index in [0.717, 1.165) is 5.56 Å². The highest BCUT2D eigenvalue weighted by atomic mass is 79.9. The first kappa shape index (κ1) is 13.9. The zero-order valence-electron chi connectivity index (χ0n) is 10.1. The summed E-state index contributed by atoms with van der Waals surface area (Å²) in [5, 5.41) is 3.35. The van der Waals surface area contributed by atoms with Crippen molar-refractivity contribution in [3.05, 3.63) is 57.4 Å². The summed E-state index contributed by atoms with van der Waals surface area (Å²) in [6.07, 6.45) is 2.99. The zero-order valence-corrected chi connectivity index (χ0v) is 12.5. The average molecular weight is 341 g/mol. The topological polar surface area (TPSA) is 42.2 Å². The fourth-order valence-corrected chi connectivity index (χ4v) is 1.93. The molecule has 3 nitrogen and oxygen atoms in total. The van der Waals surface area contributed by atoms with Gasteiger partial charge in [-0.15, -0.1) is 0 Å². The first-order valence-corrected chi connectivity index (χ1v) is 6.72. The average Bonchev–Trinajstić information content (AvgIpc) is 2.77. The quantitative estimate of drug-likeness (QED) is 0.826. The Bertz CT molecular complexity index is 634. The number of hydrogen-bond donors (Lipinski definition) is 1. The number of carbonyl (C=O) groups is 1. The van der Waals surface area contributed by atoms with Crippen molar-refractivity contribution in [1.29, 1.82) is 0 Å². The van der Waals surface area contributed by atoms with Crippen molar-refractivity contribution in [1.82, 2.24) is 0 Å². The van der Waals surface area contributed by atoms with E-state index in [2.05, 4.69) is 21.2 Å². The molecule has 0 fully saturated rings. The van der Waals surface area contributed by atoms with Crippen LogP contribution in [0, 0.1) is 6.92 Å². The van der Waals surface area contributed by atoms with Crippen molar-refractivity contribution in [3.63, 3.8) is 0 Å². The Morgan fingerprint density at radius 1 is 1.37 bits per heavy atom. The second-order valence-corrected chi connectivity index (χ2v) is 5.12. The van der Waals surface area contributed by atoms with Crippen LogP contribution in [0.2, 0.25) is 5.02 Å². The summed E-state index contributed by atoms with van der Waals surface area (Å²) in [5.41, 5.74) is 1.63. The van der Waals surface area contributed by atoms with Gasteiger partial charge in [-0.2, -0.15) is 0 Å². The molecule has 0 aliphatic heterocycles. The normalized spacial score (nSPS) is 10.9. The second kappa shape index (κ2) is 6.08. The van der Waals surface area contributed by atoms with Gasteiger partial charge in [-0.1, -0.05) is 17.7 Å². The van der Waals surface area contributed by atoms with Gasteiger partial charge in [-0.25, -0.2) is 0 Å². The van der Waals surface area contributed by atoms with Gasteiger partial charge in [0.2, 0.25) is 5.91 Å². The molecule has 1 heterocycles. The number of furan rings is 1. The monoisotopic (exact) mass is 339 g/mol. The summed E-state index contributed by atoms with van der Waals surface area (Å²) >= 11 is 9.18. The molecule has 0 unspecified atom stereocenters. The number of hydrogen-bond acceptors (Lipinski definition) is 2. The van der Waals surface area contributed by atoms with Crippen LogP contribution in [-0.2, 0) is 4.79 Å². The molecule has 0 spiro atoms. The van der Waals surface area contributed by atoms with E-state index in [-0.39, 0.29) is 5.91 Å². The Morgan fingerprint density at radius 2 is 2.16 bits per heavy atom. The van der Waals surface area contributed by atoms with Crippen molar-refractivity contribution < 1.29 is 9.21 Å². The first-order chi connectivity index (χ1) is 9.04. The summed E-state index contributed by atoms with van der Waals surface area (Å²) in [6, 6.07) is 8.89. The third-order valence-electron chi connectivity index (χ3n) is 2.43. The largest absolute Gasteiger partial charge is 0.450 e. The number of rotatable bonds is 3. The predicted octanol–water partition coefficient (Wildman–Crippen LogP) is 4.66. The maximum absolute atomic E-state index is 11.7. The Balaban J connectivity index is 2.01. The maximum Gasteiger partial charge on any atom is 0.248 e. The minimum atomic E-state index is -0.243. The van der Waals surface area contributed by atoms with Crippen LogP contribution in [0.1, 0.15) is 11.3 Å². The van der Waals surface area contributed by atoms with Crippen molar-refractivity contribution in [2.45, 2.75) is 6.92 Å². The van der Waals surface area contributed by atoms with E-state index in [1.54, 1.807) is 30.3 Å². The van der Waals surface area contributed by atoms with E-state index < -0.39 is 0 Å². The number of benzene rings is 1. The zero-order chi connectivity index (χ0) is 13.8. The Morgan fingerprint density at radius 3 is 2.79 bits per heavy atom. The van der Waals surface area contributed by atoms with Crippen molar-refractivity contribution in [3.8, 4) is 0 Å². The van der Waals surface area contributed by atoms with E-state index >= 15 is 0 Å². The van der Waals surface area contributed by atoms with E-state index in [4.69, 9.17) is 16.0 Å². The summed E-state index contributed by atoms with van der Waals surface area (Å²) < 4.78 is 5.87. The molecule has 0 atom stereocenters. The van der Waals surface area contributed by atoms with Gasteiger partial charge in [-0.3, -0.25) is 4.79 Å². The molecule has 0 saturated heterocycles. The molecule has 0 aliphatic carbocycles. The summed E-state index contributed by atoms with van der Waals surface area (Å²) in [6.45, 7) is 1.91. The van der Waals surface area contributed by atoms with Crippen LogP contribution in [0.3, 0.4) is 0 Å². The van der Waals surface area contributed by atoms with Crippen LogP contribution in [0.25, 0.3) is 6.08 Å². The van der Waals surface area contributed by atoms with E-state index in [0.29, 0.717) is 21.1 Å². The SMILES string of the molecule is Cc1ccc(NC(=O)/C=C/c2ccc(Br)o2)cc1Cl. The van der Waals surface area contributed by atoms with E-state index in [1.807, 2.05) is 13.0 Å². The van der Waals surface area contributed by atoms with Crippen LogP contribution in [0.15, 0.2) is 45.5 Å². The summed E-state index contributed by atoms with van der Waals surface area (Å²) in [5.74, 6) is 0.358. The highest BCUT2D eigenvalue weighted by Crippen LogP contribution is 2.20. The fourth-order valence-electron chi connectivity index (χ4n) is 1.43. The molecular weight excluding hydrogens is 330 g/mol. The molecule has 5 heteroatoms. The predicted molar refractivity (Wildman–Crippen MR) is 80.3 cm³/mol. The van der Waals surface area contributed by atoms with Crippen LogP contribution in [0.4, 0.5) is 5.69 Å². The Hall–Kier alpha value is -1.52. The van der Waals surface area contributed by atoms with Gasteiger partial charge < -0.3 is 9.73 Å². The number of aryl methyl sites for hydroxylation is 1. The van der Waals surface area contributed by atoms with Crippen molar-refractivity contribution in [2.75, 3.05) is 5.32 Å². The second-order valence-electron chi connectivity index (χ2n) is 3.93. The first-order valence-electron chi connectivity index (χ1n) is 5.55. The van der Waals surface area contributed by atoms with Crippen LogP contribution in [0.5, 0.6) is 0 Å². The van der Waals surface area contributed by atoms with E-state index in [9.17, 15) is 4.79 Å². The van der Waals surface area contributed by atoms with Gasteiger partial charge in [0.05, 0.1) is 0 Å². The molecule has 0 radical (unpaired) electrons. The highest BCUT2D eigenvalue weighted by Gasteiger charge is 2.01. The van der Waals surface area contributed by atoms with Gasteiger partial charge in [-0.05, 0) is 58.8 Å². The standard InChI is InChI=1S/C14H11BrClNO2/c1-9-2-3-10(8-12(9)16)17-14(18)7-5-11-4-6-13(15)19-11/h2-8H,1H3,(H,17,18)/b7-5+. The van der Waals surface area contributed by atoms with Crippen LogP contribution in [-0.4, -0.2) is 5.91 Å². The number of anilines is 1. The molecule has 1 aromatic carbocycles. The van der Waals surface area contributed by atoms with Crippen LogP contribution >= 0.6 is 27.5 Å². The molecule has 0 bridgehead atoms. The molecule has 1 amide bonds. The van der Waals surface area contributed by atoms with Crippen LogP contribution < -0.4 is 5.32 Å². The summed E-state index contributed by atoms with van der Waals surface area (Å²) in [7, 11) is 0. The molecule has 1 N–H and O–H groups in total. The number of carbonyl (C=O) groups excluding carboxylic acids is 1.